The largest absolute Gasteiger partial charge is 0.394 e. The van der Waals surface area contributed by atoms with Crippen LogP contribution in [0.1, 0.15) is 25.7 Å². The highest BCUT2D eigenvalue weighted by Gasteiger charge is 2.52. The van der Waals surface area contributed by atoms with Crippen molar-refractivity contribution in [3.05, 3.63) is 0 Å². The molecule has 2 saturated heterocycles. The van der Waals surface area contributed by atoms with E-state index in [0.717, 1.165) is 12.8 Å². The number of rotatable bonds is 13. The first-order valence-corrected chi connectivity index (χ1v) is 15.7. The van der Waals surface area contributed by atoms with Gasteiger partial charge in [-0.2, -0.15) is 0 Å². The predicted octanol–water partition coefficient (Wildman–Crippen LogP) is -8.06. The third-order valence-corrected chi connectivity index (χ3v) is 9.33. The molecule has 0 bridgehead atoms. The molecule has 2 heterocycles. The first-order valence-electron chi connectivity index (χ1n) is 15.7. The van der Waals surface area contributed by atoms with Crippen molar-refractivity contribution in [1.29, 1.82) is 0 Å². The zero-order valence-electron chi connectivity index (χ0n) is 25.5. The number of aliphatic hydroxyl groups excluding tert-OH is 8. The van der Waals surface area contributed by atoms with Crippen LogP contribution in [0.2, 0.25) is 0 Å². The van der Waals surface area contributed by atoms with Crippen molar-refractivity contribution < 1.29 is 64.6 Å². The molecule has 18 N–H and O–H groups in total. The van der Waals surface area contributed by atoms with Gasteiger partial charge in [0.25, 0.3) is 0 Å². The highest BCUT2D eigenvalue weighted by atomic mass is 16.7. The average Bonchev–Trinajstić information content (AvgIpc) is 3.00. The number of nitrogens with two attached hydrogens (primary N) is 4. The fraction of sp³-hybridized carbons (Fsp3) is 0.963. The molecule has 46 heavy (non-hydrogen) atoms. The Morgan fingerprint density at radius 1 is 0.804 bits per heavy atom. The van der Waals surface area contributed by atoms with E-state index in [9.17, 15) is 45.6 Å². The number of hydrogen-bond donors (Lipinski definition) is 14. The maximum absolute atomic E-state index is 12.7. The van der Waals surface area contributed by atoms with Gasteiger partial charge in [0.1, 0.15) is 67.1 Å². The van der Waals surface area contributed by atoms with Crippen LogP contribution in [-0.4, -0.2) is 177 Å². The predicted molar refractivity (Wildman–Crippen MR) is 156 cm³/mol. The number of hydrogen-bond acceptors (Lipinski definition) is 18. The molecule has 16 atom stereocenters. The van der Waals surface area contributed by atoms with Crippen LogP contribution in [0.5, 0.6) is 0 Å². The molecule has 4 aliphatic rings. The fourth-order valence-corrected chi connectivity index (χ4v) is 6.42. The van der Waals surface area contributed by atoms with E-state index in [-0.39, 0.29) is 32.0 Å². The molecule has 0 spiro atoms. The molecule has 19 heteroatoms. The molecule has 19 nitrogen and oxygen atoms in total. The lowest BCUT2D eigenvalue weighted by atomic mass is 9.81. The summed E-state index contributed by atoms with van der Waals surface area (Å²) in [5, 5.41) is 89.8. The quantitative estimate of drug-likeness (QED) is 0.0866. The minimum Gasteiger partial charge on any atom is -0.394 e. The Morgan fingerprint density at radius 2 is 1.43 bits per heavy atom. The number of ether oxygens (including phenoxy) is 4. The summed E-state index contributed by atoms with van der Waals surface area (Å²) in [4.78, 5) is 12.7. The standard InChI is InChI=1S/C27H52N6O13/c28-2-1-13(35)25(42)33-12-5-11(30)23(22(41)24(12)46-26-19(38)16(31)17(36)15(8-34)44-26)45-27-21(40)20(39)18(37)14(43-27)7-32-6-9-3-10(29)4-9/h9-24,26-27,32,34-41H,1-8,28-31H2,(H,33,42)/t9?,10?,11-,12+,13-,14+,15+,16-,17+,18+,19+,20-,21+,22-,23?,24-,26+,27+/m0/s1. The van der Waals surface area contributed by atoms with Crippen LogP contribution in [0.15, 0.2) is 0 Å². The Balaban J connectivity index is 1.49. The fourth-order valence-electron chi connectivity index (χ4n) is 6.42. The van der Waals surface area contributed by atoms with E-state index in [2.05, 4.69) is 10.6 Å². The van der Waals surface area contributed by atoms with Crippen molar-refractivity contribution in [3.63, 3.8) is 0 Å². The SMILES string of the molecule is NCC[C@H](O)C(=O)N[C@@H]1C[C@H](N)C(O[C@H]2O[C@H](CNCC3CC(N)C3)[C@@H](O)[C@H](O)[C@H]2O)[C@H](O)[C@H]1O[C@H]1O[C@H](CO)[C@@H](O)[C@H](N)[C@H]1O. The van der Waals surface area contributed by atoms with Crippen molar-refractivity contribution in [2.45, 2.75) is 130 Å². The van der Waals surface area contributed by atoms with Crippen LogP contribution >= 0.6 is 0 Å². The number of carbonyl (C=O) groups excluding carboxylic acids is 1. The van der Waals surface area contributed by atoms with Gasteiger partial charge in [0.05, 0.1) is 18.7 Å². The van der Waals surface area contributed by atoms with Crippen molar-refractivity contribution >= 4 is 5.91 Å². The minimum absolute atomic E-state index is 0.0115. The van der Waals surface area contributed by atoms with Crippen molar-refractivity contribution in [2.75, 3.05) is 26.2 Å². The first-order chi connectivity index (χ1) is 21.8. The van der Waals surface area contributed by atoms with Crippen LogP contribution in [0.25, 0.3) is 0 Å². The normalized spacial score (nSPS) is 47.2. The van der Waals surface area contributed by atoms with E-state index < -0.39 is 110 Å². The summed E-state index contributed by atoms with van der Waals surface area (Å²) in [6, 6.07) is -3.29. The third-order valence-electron chi connectivity index (χ3n) is 9.33. The molecule has 2 aliphatic carbocycles. The van der Waals surface area contributed by atoms with Crippen LogP contribution < -0.4 is 33.6 Å². The maximum Gasteiger partial charge on any atom is 0.249 e. The summed E-state index contributed by atoms with van der Waals surface area (Å²) in [7, 11) is 0. The lowest BCUT2D eigenvalue weighted by Gasteiger charge is -2.49. The van der Waals surface area contributed by atoms with E-state index in [4.69, 9.17) is 41.9 Å². The molecular weight excluding hydrogens is 616 g/mol. The molecule has 2 aliphatic heterocycles. The van der Waals surface area contributed by atoms with Gasteiger partial charge >= 0.3 is 0 Å². The second-order valence-corrected chi connectivity index (χ2v) is 12.9. The van der Waals surface area contributed by atoms with Crippen molar-refractivity contribution in [2.24, 2.45) is 28.9 Å². The van der Waals surface area contributed by atoms with Gasteiger partial charge in [0, 0.05) is 18.6 Å². The first kappa shape index (κ1) is 37.6. The summed E-state index contributed by atoms with van der Waals surface area (Å²) in [6.45, 7) is 0.0508. The van der Waals surface area contributed by atoms with Gasteiger partial charge in [0.15, 0.2) is 12.6 Å². The molecule has 2 saturated carbocycles. The minimum atomic E-state index is -1.74. The highest BCUT2D eigenvalue weighted by Crippen LogP contribution is 2.32. The highest BCUT2D eigenvalue weighted by molar-refractivity contribution is 5.80. The molecule has 0 aromatic rings. The monoisotopic (exact) mass is 668 g/mol. The summed E-state index contributed by atoms with van der Waals surface area (Å²) in [6.07, 6.45) is -17.9. The average molecular weight is 669 g/mol. The van der Waals surface area contributed by atoms with Gasteiger partial charge in [-0.05, 0) is 44.7 Å². The second kappa shape index (κ2) is 16.5. The van der Waals surface area contributed by atoms with E-state index >= 15 is 0 Å². The van der Waals surface area contributed by atoms with Crippen molar-refractivity contribution in [1.82, 2.24) is 10.6 Å². The Hall–Kier alpha value is -1.21. The zero-order chi connectivity index (χ0) is 33.9. The van der Waals surface area contributed by atoms with E-state index in [1.807, 2.05) is 0 Å². The van der Waals surface area contributed by atoms with E-state index in [1.165, 1.54) is 0 Å². The molecule has 0 radical (unpaired) electrons. The topological polar surface area (TPSA) is 344 Å². The Bertz CT molecular complexity index is 969. The lowest BCUT2D eigenvalue weighted by Crippen LogP contribution is -2.69. The van der Waals surface area contributed by atoms with E-state index in [1.54, 1.807) is 0 Å². The summed E-state index contributed by atoms with van der Waals surface area (Å²) < 4.78 is 23.2. The Morgan fingerprint density at radius 3 is 2.07 bits per heavy atom. The summed E-state index contributed by atoms with van der Waals surface area (Å²) in [5.74, 6) is -0.469. The van der Waals surface area contributed by atoms with Gasteiger partial charge in [0.2, 0.25) is 5.91 Å². The molecular formula is C27H52N6O13. The number of amides is 1. The number of carbonyl (C=O) groups is 1. The van der Waals surface area contributed by atoms with Gasteiger partial charge < -0.3 is 93.4 Å². The Labute approximate surface area is 266 Å². The lowest BCUT2D eigenvalue weighted by molar-refractivity contribution is -0.333. The van der Waals surface area contributed by atoms with Crippen LogP contribution in [-0.2, 0) is 23.7 Å². The molecule has 4 fully saturated rings. The zero-order valence-corrected chi connectivity index (χ0v) is 25.5. The van der Waals surface area contributed by atoms with Gasteiger partial charge in [-0.15, -0.1) is 0 Å². The Kier molecular flexibility index (Phi) is 13.5. The maximum atomic E-state index is 12.7. The molecule has 268 valence electrons. The van der Waals surface area contributed by atoms with Crippen LogP contribution in [0.4, 0.5) is 0 Å². The molecule has 1 amide bonds. The summed E-state index contributed by atoms with van der Waals surface area (Å²) in [5.41, 5.74) is 23.6. The number of aliphatic hydroxyl groups is 8. The summed E-state index contributed by atoms with van der Waals surface area (Å²) >= 11 is 0. The molecule has 1 unspecified atom stereocenters. The molecule has 0 aromatic heterocycles. The van der Waals surface area contributed by atoms with Crippen LogP contribution in [0.3, 0.4) is 0 Å². The smallest absolute Gasteiger partial charge is 0.249 e. The third kappa shape index (κ3) is 8.50. The van der Waals surface area contributed by atoms with Crippen LogP contribution in [0, 0.1) is 5.92 Å². The number of nitrogens with one attached hydrogen (secondary N) is 2. The second-order valence-electron chi connectivity index (χ2n) is 12.9. The van der Waals surface area contributed by atoms with Gasteiger partial charge in [-0.3, -0.25) is 4.79 Å². The van der Waals surface area contributed by atoms with E-state index in [0.29, 0.717) is 12.5 Å². The molecule has 4 rings (SSSR count). The molecule has 0 aromatic carbocycles. The van der Waals surface area contributed by atoms with Gasteiger partial charge in [-0.1, -0.05) is 0 Å². The van der Waals surface area contributed by atoms with Gasteiger partial charge in [-0.25, -0.2) is 0 Å². The van der Waals surface area contributed by atoms with Crippen molar-refractivity contribution in [3.8, 4) is 0 Å².